The minimum Gasteiger partial charge on any atom is -0.468 e. The van der Waals surface area contributed by atoms with E-state index in [4.69, 9.17) is 10.3 Å². The predicted molar refractivity (Wildman–Crippen MR) is 111 cm³/mol. The van der Waals surface area contributed by atoms with Crippen molar-refractivity contribution in [1.82, 2.24) is 30.1 Å². The summed E-state index contributed by atoms with van der Waals surface area (Å²) >= 11 is 0. The van der Waals surface area contributed by atoms with Gasteiger partial charge in [-0.2, -0.15) is 33.1 Å². The molecule has 170 valence electrons. The van der Waals surface area contributed by atoms with Crippen LogP contribution in [0.4, 0.5) is 30.8 Å². The summed E-state index contributed by atoms with van der Waals surface area (Å²) in [5.74, 6) is 0.317. The van der Waals surface area contributed by atoms with Crippen molar-refractivity contribution in [3.8, 4) is 29.0 Å². The molecule has 0 saturated heterocycles. The molecule has 0 radical (unpaired) electrons. The van der Waals surface area contributed by atoms with Crippen LogP contribution in [0.1, 0.15) is 6.92 Å². The number of halogens is 3. The summed E-state index contributed by atoms with van der Waals surface area (Å²) in [6.45, 7) is 1.07. The highest BCUT2D eigenvalue weighted by Crippen LogP contribution is 2.26. The number of nitrogen functional groups attached to an aromatic ring is 1. The standard InChI is InChI=1S/C20H17F3N8O2/c1-2-31(13-6-4-3-5-7-13)19-28-15(27-18(24)29-19)16-26-17(33-30-16)12-8-9-14(25-10-12)32-11-20(21,22)23/h3-10H,2,11H2,1H3,(H2,24,27,28,29). The first-order valence-corrected chi connectivity index (χ1v) is 9.66. The molecule has 3 aromatic heterocycles. The Labute approximate surface area is 185 Å². The lowest BCUT2D eigenvalue weighted by atomic mass is 10.3. The average Bonchev–Trinajstić information content (AvgIpc) is 3.29. The van der Waals surface area contributed by atoms with Crippen molar-refractivity contribution in [2.24, 2.45) is 0 Å². The van der Waals surface area contributed by atoms with E-state index in [1.807, 2.05) is 42.2 Å². The topological polar surface area (TPSA) is 129 Å². The highest BCUT2D eigenvalue weighted by Gasteiger charge is 2.28. The van der Waals surface area contributed by atoms with Crippen molar-refractivity contribution in [3.63, 3.8) is 0 Å². The van der Waals surface area contributed by atoms with Gasteiger partial charge < -0.3 is 19.9 Å². The molecule has 0 amide bonds. The zero-order chi connectivity index (χ0) is 23.4. The molecule has 0 aliphatic heterocycles. The van der Waals surface area contributed by atoms with Crippen LogP contribution in [0.25, 0.3) is 23.1 Å². The molecule has 0 unspecified atom stereocenters. The van der Waals surface area contributed by atoms with E-state index in [1.165, 1.54) is 18.3 Å². The smallest absolute Gasteiger partial charge is 0.422 e. The maximum atomic E-state index is 12.3. The largest absolute Gasteiger partial charge is 0.468 e. The fourth-order valence-corrected chi connectivity index (χ4v) is 2.83. The minimum absolute atomic E-state index is 0.0245. The molecule has 0 saturated carbocycles. The van der Waals surface area contributed by atoms with Crippen LogP contribution in [0.3, 0.4) is 0 Å². The van der Waals surface area contributed by atoms with Crippen LogP contribution < -0.4 is 15.4 Å². The molecule has 0 atom stereocenters. The normalized spacial score (nSPS) is 11.4. The molecule has 1 aromatic carbocycles. The minimum atomic E-state index is -4.46. The molecule has 0 bridgehead atoms. The van der Waals surface area contributed by atoms with E-state index in [0.717, 1.165) is 5.69 Å². The van der Waals surface area contributed by atoms with Gasteiger partial charge in [-0.3, -0.25) is 0 Å². The van der Waals surface area contributed by atoms with Crippen molar-refractivity contribution in [2.45, 2.75) is 13.1 Å². The maximum absolute atomic E-state index is 12.3. The molecule has 0 aliphatic carbocycles. The molecule has 3 heterocycles. The van der Waals surface area contributed by atoms with Crippen molar-refractivity contribution >= 4 is 17.6 Å². The zero-order valence-electron chi connectivity index (χ0n) is 17.2. The van der Waals surface area contributed by atoms with E-state index in [9.17, 15) is 13.2 Å². The van der Waals surface area contributed by atoms with Crippen LogP contribution in [0.15, 0.2) is 53.2 Å². The summed E-state index contributed by atoms with van der Waals surface area (Å²) in [7, 11) is 0. The number of nitrogens with zero attached hydrogens (tertiary/aromatic N) is 7. The third-order valence-electron chi connectivity index (χ3n) is 4.26. The summed E-state index contributed by atoms with van der Waals surface area (Å²) < 4.78 is 46.6. The second kappa shape index (κ2) is 9.06. The Hall–Kier alpha value is -4.29. The van der Waals surface area contributed by atoms with Crippen LogP contribution in [0.5, 0.6) is 5.88 Å². The van der Waals surface area contributed by atoms with Gasteiger partial charge in [0, 0.05) is 24.5 Å². The van der Waals surface area contributed by atoms with Gasteiger partial charge in [-0.15, -0.1) is 0 Å². The van der Waals surface area contributed by atoms with Gasteiger partial charge in [0.1, 0.15) is 0 Å². The van der Waals surface area contributed by atoms with Crippen LogP contribution in [0.2, 0.25) is 0 Å². The second-order valence-corrected chi connectivity index (χ2v) is 6.61. The van der Waals surface area contributed by atoms with E-state index in [-0.39, 0.29) is 29.4 Å². The Bertz CT molecular complexity index is 1220. The van der Waals surface area contributed by atoms with Gasteiger partial charge in [0.05, 0.1) is 5.56 Å². The number of anilines is 3. The van der Waals surface area contributed by atoms with Gasteiger partial charge in [0.15, 0.2) is 6.61 Å². The Morgan fingerprint density at radius 1 is 1.00 bits per heavy atom. The molecule has 10 nitrogen and oxygen atoms in total. The molecule has 4 aromatic rings. The molecular formula is C20H17F3N8O2. The van der Waals surface area contributed by atoms with Gasteiger partial charge in [-0.1, -0.05) is 23.4 Å². The number of ether oxygens (including phenoxy) is 1. The average molecular weight is 458 g/mol. The van der Waals surface area contributed by atoms with E-state index in [1.54, 1.807) is 0 Å². The number of pyridine rings is 1. The quantitative estimate of drug-likeness (QED) is 0.438. The highest BCUT2D eigenvalue weighted by atomic mass is 19.4. The first kappa shape index (κ1) is 21.9. The van der Waals surface area contributed by atoms with Crippen LogP contribution >= 0.6 is 0 Å². The molecule has 4 rings (SSSR count). The van der Waals surface area contributed by atoms with Gasteiger partial charge in [0.2, 0.25) is 29.4 Å². The van der Waals surface area contributed by atoms with Crippen LogP contribution in [-0.4, -0.2) is 49.4 Å². The number of benzene rings is 1. The number of hydrogen-bond acceptors (Lipinski definition) is 10. The molecule has 2 N–H and O–H groups in total. The first-order chi connectivity index (χ1) is 15.8. The molecule has 0 aliphatic rings. The third kappa shape index (κ3) is 5.31. The maximum Gasteiger partial charge on any atom is 0.422 e. The Morgan fingerprint density at radius 3 is 2.45 bits per heavy atom. The van der Waals surface area contributed by atoms with Crippen molar-refractivity contribution in [2.75, 3.05) is 23.8 Å². The second-order valence-electron chi connectivity index (χ2n) is 6.61. The Balaban J connectivity index is 1.57. The first-order valence-electron chi connectivity index (χ1n) is 9.66. The molecular weight excluding hydrogens is 441 g/mol. The summed E-state index contributed by atoms with van der Waals surface area (Å²) in [6.07, 6.45) is -3.20. The fourth-order valence-electron chi connectivity index (χ4n) is 2.83. The number of alkyl halides is 3. The van der Waals surface area contributed by atoms with E-state index < -0.39 is 12.8 Å². The lowest BCUT2D eigenvalue weighted by molar-refractivity contribution is -0.154. The summed E-state index contributed by atoms with van der Waals surface area (Å²) in [4.78, 5) is 22.6. The lowest BCUT2D eigenvalue weighted by Crippen LogP contribution is -2.20. The SMILES string of the molecule is CCN(c1ccccc1)c1nc(N)nc(-c2noc(-c3ccc(OCC(F)(F)F)nc3)n2)n1. The summed E-state index contributed by atoms with van der Waals surface area (Å²) in [6, 6.07) is 12.2. The number of para-hydroxylation sites is 1. The lowest BCUT2D eigenvalue weighted by Gasteiger charge is -2.20. The third-order valence-corrected chi connectivity index (χ3v) is 4.26. The zero-order valence-corrected chi connectivity index (χ0v) is 17.2. The molecule has 0 fully saturated rings. The fraction of sp³-hybridized carbons (Fsp3) is 0.200. The molecule has 13 heteroatoms. The molecule has 33 heavy (non-hydrogen) atoms. The Morgan fingerprint density at radius 2 is 1.79 bits per heavy atom. The van der Waals surface area contributed by atoms with E-state index in [0.29, 0.717) is 18.1 Å². The highest BCUT2D eigenvalue weighted by molar-refractivity contribution is 5.61. The van der Waals surface area contributed by atoms with Gasteiger partial charge >= 0.3 is 6.18 Å². The van der Waals surface area contributed by atoms with E-state index in [2.05, 4.69) is 34.8 Å². The number of aromatic nitrogens is 6. The van der Waals surface area contributed by atoms with Crippen LogP contribution in [-0.2, 0) is 0 Å². The van der Waals surface area contributed by atoms with E-state index >= 15 is 0 Å². The summed E-state index contributed by atoms with van der Waals surface area (Å²) in [5.41, 5.74) is 7.12. The molecule has 0 spiro atoms. The van der Waals surface area contributed by atoms with Gasteiger partial charge in [-0.25, -0.2) is 4.98 Å². The van der Waals surface area contributed by atoms with Crippen molar-refractivity contribution in [1.29, 1.82) is 0 Å². The van der Waals surface area contributed by atoms with Crippen molar-refractivity contribution in [3.05, 3.63) is 48.7 Å². The number of nitrogens with two attached hydrogens (primary N) is 1. The number of rotatable bonds is 7. The van der Waals surface area contributed by atoms with Gasteiger partial charge in [-0.05, 0) is 25.1 Å². The van der Waals surface area contributed by atoms with Gasteiger partial charge in [0.25, 0.3) is 5.89 Å². The Kier molecular flexibility index (Phi) is 6.02. The summed E-state index contributed by atoms with van der Waals surface area (Å²) in [5, 5.41) is 3.87. The monoisotopic (exact) mass is 458 g/mol. The predicted octanol–water partition coefficient (Wildman–Crippen LogP) is 3.66. The van der Waals surface area contributed by atoms with Crippen molar-refractivity contribution < 1.29 is 22.4 Å². The van der Waals surface area contributed by atoms with Crippen LogP contribution in [0, 0.1) is 0 Å². The number of hydrogen-bond donors (Lipinski definition) is 1.